The van der Waals surface area contributed by atoms with Gasteiger partial charge in [0.2, 0.25) is 0 Å². The lowest BCUT2D eigenvalue weighted by atomic mass is 9.86. The summed E-state index contributed by atoms with van der Waals surface area (Å²) in [5, 5.41) is 6.29. The predicted molar refractivity (Wildman–Crippen MR) is 240 cm³/mol. The summed E-state index contributed by atoms with van der Waals surface area (Å²) in [6.45, 7) is 20.2. The van der Waals surface area contributed by atoms with Crippen molar-refractivity contribution in [3.63, 3.8) is 0 Å². The Morgan fingerprint density at radius 3 is 1.80 bits per heavy atom. The molecule has 0 spiro atoms. The lowest BCUT2D eigenvalue weighted by Crippen LogP contribution is -2.16. The molecule has 0 unspecified atom stereocenters. The molecule has 0 saturated carbocycles. The quantitative estimate of drug-likeness (QED) is 0.161. The highest BCUT2D eigenvalue weighted by Gasteiger charge is 2.27. The molecule has 0 aliphatic rings. The summed E-state index contributed by atoms with van der Waals surface area (Å²) < 4.78 is 7.67. The molecule has 8 aromatic rings. The van der Waals surface area contributed by atoms with Crippen molar-refractivity contribution < 1.29 is 4.42 Å². The fourth-order valence-electron chi connectivity index (χ4n) is 7.59. The van der Waals surface area contributed by atoms with Gasteiger partial charge in [-0.05, 0) is 113 Å². The van der Waals surface area contributed by atoms with Crippen molar-refractivity contribution in [3.8, 4) is 0 Å². The number of para-hydroxylation sites is 1. The number of fused-ring (bicyclic) bond motifs is 4. The number of furan rings is 1. The summed E-state index contributed by atoms with van der Waals surface area (Å²) in [5.74, 6) is 0.412. The zero-order chi connectivity index (χ0) is 38.8. The van der Waals surface area contributed by atoms with Crippen molar-refractivity contribution in [2.45, 2.75) is 79.1 Å². The van der Waals surface area contributed by atoms with Crippen molar-refractivity contribution in [3.05, 3.63) is 154 Å². The molecule has 6 aromatic carbocycles. The fourth-order valence-corrected chi connectivity index (χ4v) is 8.77. The van der Waals surface area contributed by atoms with E-state index >= 15 is 0 Å². The third-order valence-corrected chi connectivity index (χ3v) is 12.1. The van der Waals surface area contributed by atoms with Gasteiger partial charge in [0.1, 0.15) is 11.2 Å². The molecule has 5 heteroatoms. The summed E-state index contributed by atoms with van der Waals surface area (Å²) in [5.41, 5.74) is 12.7. The molecule has 0 N–H and O–H groups in total. The van der Waals surface area contributed by atoms with Crippen LogP contribution in [0.25, 0.3) is 32.0 Å². The van der Waals surface area contributed by atoms with Gasteiger partial charge < -0.3 is 14.2 Å². The SMILES string of the molecule is Cc1cc(N(c2ccc(C(C)(C)C)cc2)c2csc3ccc(C(C)(C)C)cc23)c(Cl)c(N(c2ccc(C(C)C)cc2)c2cccc3oc4ccccc4c23)c1. The molecule has 0 amide bonds. The Hall–Kier alpha value is -5.03. The number of hydrogen-bond acceptors (Lipinski definition) is 4. The lowest BCUT2D eigenvalue weighted by molar-refractivity contribution is 0.590. The van der Waals surface area contributed by atoms with Crippen LogP contribution in [0.5, 0.6) is 0 Å². The minimum atomic E-state index is 0.00459. The average molecular weight is 761 g/mol. The first-order valence-corrected chi connectivity index (χ1v) is 20.5. The number of benzene rings is 6. The lowest BCUT2D eigenvalue weighted by Gasteiger charge is -2.32. The van der Waals surface area contributed by atoms with Crippen LogP contribution in [-0.2, 0) is 10.8 Å². The van der Waals surface area contributed by atoms with Crippen LogP contribution >= 0.6 is 22.9 Å². The van der Waals surface area contributed by atoms with Crippen LogP contribution in [0.3, 0.4) is 0 Å². The molecule has 0 fully saturated rings. The number of hydrogen-bond donors (Lipinski definition) is 0. The first-order valence-electron chi connectivity index (χ1n) is 19.2. The molecule has 55 heavy (non-hydrogen) atoms. The van der Waals surface area contributed by atoms with E-state index in [-0.39, 0.29) is 10.8 Å². The highest BCUT2D eigenvalue weighted by atomic mass is 35.5. The van der Waals surface area contributed by atoms with Crippen molar-refractivity contribution in [1.29, 1.82) is 0 Å². The Balaban J connectivity index is 1.41. The standard InChI is InChI=1S/C50H49ClN2OS/c1-31(2)33-17-22-36(23-18-33)52(40-14-12-16-45-47(40)38-13-10-11-15-44(38)54-45)41-27-32(3)28-42(48(41)51)53(37-24-19-34(20-25-37)49(4,5)6)43-30-55-46-26-21-35(29-39(43)46)50(7,8)9/h10-31H,1-9H3. The van der Waals surface area contributed by atoms with Crippen molar-refractivity contribution in [2.24, 2.45) is 0 Å². The van der Waals surface area contributed by atoms with E-state index in [0.29, 0.717) is 10.9 Å². The van der Waals surface area contributed by atoms with Crippen molar-refractivity contribution >= 4 is 89.1 Å². The highest BCUT2D eigenvalue weighted by molar-refractivity contribution is 7.17. The maximum atomic E-state index is 7.92. The van der Waals surface area contributed by atoms with Crippen LogP contribution in [0.1, 0.15) is 83.6 Å². The van der Waals surface area contributed by atoms with E-state index in [1.807, 2.05) is 12.1 Å². The van der Waals surface area contributed by atoms with E-state index in [9.17, 15) is 0 Å². The van der Waals surface area contributed by atoms with Crippen LogP contribution in [0.15, 0.2) is 131 Å². The minimum absolute atomic E-state index is 0.00459. The van der Waals surface area contributed by atoms with Crippen LogP contribution in [-0.4, -0.2) is 0 Å². The Morgan fingerprint density at radius 2 is 1.16 bits per heavy atom. The first kappa shape index (κ1) is 36.9. The van der Waals surface area contributed by atoms with E-state index < -0.39 is 0 Å². The van der Waals surface area contributed by atoms with Gasteiger partial charge >= 0.3 is 0 Å². The second-order valence-corrected chi connectivity index (χ2v) is 18.5. The van der Waals surface area contributed by atoms with Crippen molar-refractivity contribution in [1.82, 2.24) is 0 Å². The number of anilines is 6. The summed E-state index contributed by atoms with van der Waals surface area (Å²) in [6, 6.07) is 43.9. The van der Waals surface area contributed by atoms with Gasteiger partial charge in [0.15, 0.2) is 0 Å². The van der Waals surface area contributed by atoms with Gasteiger partial charge in [0.25, 0.3) is 0 Å². The number of halogens is 1. The van der Waals surface area contributed by atoms with Gasteiger partial charge in [-0.1, -0.05) is 122 Å². The third-order valence-electron chi connectivity index (χ3n) is 10.8. The Morgan fingerprint density at radius 1 is 0.582 bits per heavy atom. The Kier molecular flexibility index (Phi) is 9.35. The second-order valence-electron chi connectivity index (χ2n) is 17.2. The Labute approximate surface area is 334 Å². The summed E-state index contributed by atoms with van der Waals surface area (Å²) in [6.07, 6.45) is 0. The van der Waals surface area contributed by atoms with Gasteiger partial charge in [0, 0.05) is 32.2 Å². The molecule has 0 aliphatic carbocycles. The molecule has 0 radical (unpaired) electrons. The second kappa shape index (κ2) is 13.9. The molecular formula is C50H49ClN2OS. The number of nitrogens with zero attached hydrogens (tertiary/aromatic N) is 2. The number of thiophene rings is 1. The highest BCUT2D eigenvalue weighted by Crippen LogP contribution is 2.51. The van der Waals surface area contributed by atoms with Crippen LogP contribution < -0.4 is 9.80 Å². The van der Waals surface area contributed by atoms with Gasteiger partial charge in [-0.15, -0.1) is 11.3 Å². The molecule has 278 valence electrons. The molecule has 3 nitrogen and oxygen atoms in total. The van der Waals surface area contributed by atoms with Gasteiger partial charge in [-0.25, -0.2) is 0 Å². The normalized spacial score (nSPS) is 12.3. The predicted octanol–water partition coefficient (Wildman–Crippen LogP) is 16.4. The molecule has 0 saturated heterocycles. The molecular weight excluding hydrogens is 712 g/mol. The maximum absolute atomic E-state index is 7.92. The fraction of sp³-hybridized carbons (Fsp3) is 0.240. The molecule has 0 aliphatic heterocycles. The van der Waals surface area contributed by atoms with Gasteiger partial charge in [-0.3, -0.25) is 0 Å². The number of aryl methyl sites for hydroxylation is 1. The van der Waals surface area contributed by atoms with E-state index in [2.05, 4.69) is 187 Å². The molecule has 8 rings (SSSR count). The minimum Gasteiger partial charge on any atom is -0.456 e. The molecule has 0 bridgehead atoms. The van der Waals surface area contributed by atoms with Crippen LogP contribution in [0, 0.1) is 6.92 Å². The zero-order valence-corrected chi connectivity index (χ0v) is 34.9. The average Bonchev–Trinajstić information content (AvgIpc) is 3.75. The third kappa shape index (κ3) is 6.81. The van der Waals surface area contributed by atoms with Crippen LogP contribution in [0.4, 0.5) is 34.1 Å². The summed E-state index contributed by atoms with van der Waals surface area (Å²) in [7, 11) is 0. The van der Waals surface area contributed by atoms with E-state index in [1.165, 1.54) is 26.8 Å². The maximum Gasteiger partial charge on any atom is 0.137 e. The summed E-state index contributed by atoms with van der Waals surface area (Å²) >= 11 is 9.69. The molecule has 2 aromatic heterocycles. The Bertz CT molecular complexity index is 2670. The first-order chi connectivity index (χ1) is 26.2. The zero-order valence-electron chi connectivity index (χ0n) is 33.3. The van der Waals surface area contributed by atoms with Crippen molar-refractivity contribution in [2.75, 3.05) is 9.80 Å². The summed E-state index contributed by atoms with van der Waals surface area (Å²) in [4.78, 5) is 4.68. The monoisotopic (exact) mass is 760 g/mol. The van der Waals surface area contributed by atoms with Crippen LogP contribution in [0.2, 0.25) is 5.02 Å². The molecule has 2 heterocycles. The van der Waals surface area contributed by atoms with E-state index in [4.69, 9.17) is 16.0 Å². The number of rotatable bonds is 7. The van der Waals surface area contributed by atoms with Gasteiger partial charge in [0.05, 0.1) is 33.2 Å². The molecule has 0 atom stereocenters. The topological polar surface area (TPSA) is 19.6 Å². The van der Waals surface area contributed by atoms with Gasteiger partial charge in [-0.2, -0.15) is 0 Å². The van der Waals surface area contributed by atoms with E-state index in [1.54, 1.807) is 11.3 Å². The van der Waals surface area contributed by atoms with E-state index in [0.717, 1.165) is 61.6 Å². The smallest absolute Gasteiger partial charge is 0.137 e. The largest absolute Gasteiger partial charge is 0.456 e.